The fraction of sp³-hybridized carbons (Fsp3) is 1.00. The van der Waals surface area contributed by atoms with E-state index >= 15 is 0 Å². The number of hydrogen-bond acceptors (Lipinski definition) is 3. The SMILES string of the molecule is O[Si](O)(O)C1CCCCC1. The highest BCUT2D eigenvalue weighted by molar-refractivity contribution is 6.57. The second-order valence-electron chi connectivity index (χ2n) is 3.02. The minimum Gasteiger partial charge on any atom is -0.390 e. The molecule has 0 amide bonds. The summed E-state index contributed by atoms with van der Waals surface area (Å²) in [7, 11) is -3.76. The summed E-state index contributed by atoms with van der Waals surface area (Å²) >= 11 is 0. The molecule has 1 aliphatic carbocycles. The molecule has 0 saturated heterocycles. The van der Waals surface area contributed by atoms with Crippen molar-refractivity contribution < 1.29 is 14.4 Å². The zero-order valence-corrected chi connectivity index (χ0v) is 6.95. The first-order chi connectivity index (χ1) is 4.61. The monoisotopic (exact) mass is 162 g/mol. The Labute approximate surface area is 61.7 Å². The van der Waals surface area contributed by atoms with Crippen LogP contribution in [0.3, 0.4) is 0 Å². The molecule has 0 aromatic heterocycles. The molecule has 1 saturated carbocycles. The maximum Gasteiger partial charge on any atom is 0.496 e. The molecule has 3 N–H and O–H groups in total. The van der Waals surface area contributed by atoms with Gasteiger partial charge in [-0.25, -0.2) is 0 Å². The predicted octanol–water partition coefficient (Wildman–Crippen LogP) is 0.236. The summed E-state index contributed by atoms with van der Waals surface area (Å²) in [4.78, 5) is 26.7. The van der Waals surface area contributed by atoms with Gasteiger partial charge in [0.05, 0.1) is 0 Å². The summed E-state index contributed by atoms with van der Waals surface area (Å²) in [5.41, 5.74) is -0.193. The first kappa shape index (κ1) is 8.20. The molecule has 0 heterocycles. The van der Waals surface area contributed by atoms with Crippen LogP contribution in [-0.2, 0) is 0 Å². The van der Waals surface area contributed by atoms with Crippen LogP contribution < -0.4 is 0 Å². The van der Waals surface area contributed by atoms with Crippen LogP contribution in [0.15, 0.2) is 0 Å². The van der Waals surface area contributed by atoms with Crippen LogP contribution in [-0.4, -0.2) is 23.2 Å². The molecule has 0 aromatic rings. The van der Waals surface area contributed by atoms with Crippen molar-refractivity contribution in [2.45, 2.75) is 37.6 Å². The molecule has 3 nitrogen and oxygen atoms in total. The Hall–Kier alpha value is 0.0969. The molecule has 0 aromatic carbocycles. The molecule has 10 heavy (non-hydrogen) atoms. The Bertz CT molecular complexity index is 104. The zero-order chi connectivity index (χ0) is 7.61. The van der Waals surface area contributed by atoms with Gasteiger partial charge in [0.1, 0.15) is 0 Å². The van der Waals surface area contributed by atoms with E-state index in [1.54, 1.807) is 0 Å². The smallest absolute Gasteiger partial charge is 0.390 e. The standard InChI is InChI=1S/C6H14O3Si/c7-10(8,9)6-4-2-1-3-5-6/h6-9H,1-5H2. The Morgan fingerprint density at radius 1 is 0.900 bits per heavy atom. The maximum absolute atomic E-state index is 8.89. The van der Waals surface area contributed by atoms with Crippen LogP contribution in [0.5, 0.6) is 0 Å². The van der Waals surface area contributed by atoms with Gasteiger partial charge < -0.3 is 14.4 Å². The molecule has 60 valence electrons. The van der Waals surface area contributed by atoms with E-state index in [2.05, 4.69) is 0 Å². The van der Waals surface area contributed by atoms with E-state index in [0.717, 1.165) is 25.7 Å². The summed E-state index contributed by atoms with van der Waals surface area (Å²) < 4.78 is 0. The largest absolute Gasteiger partial charge is 0.496 e. The van der Waals surface area contributed by atoms with Crippen molar-refractivity contribution >= 4 is 8.80 Å². The van der Waals surface area contributed by atoms with Crippen LogP contribution in [0.1, 0.15) is 32.1 Å². The maximum atomic E-state index is 8.89. The van der Waals surface area contributed by atoms with Crippen LogP contribution in [0.25, 0.3) is 0 Å². The highest BCUT2D eigenvalue weighted by Crippen LogP contribution is 2.32. The van der Waals surface area contributed by atoms with Gasteiger partial charge in [-0.05, 0) is 12.8 Å². The van der Waals surface area contributed by atoms with E-state index < -0.39 is 8.80 Å². The molecule has 4 heteroatoms. The van der Waals surface area contributed by atoms with Gasteiger partial charge >= 0.3 is 8.80 Å². The van der Waals surface area contributed by atoms with Crippen LogP contribution in [0, 0.1) is 0 Å². The van der Waals surface area contributed by atoms with Crippen molar-refractivity contribution in [3.8, 4) is 0 Å². The summed E-state index contributed by atoms with van der Waals surface area (Å²) in [6, 6.07) is 0. The lowest BCUT2D eigenvalue weighted by molar-refractivity contribution is 0.196. The molecule has 0 radical (unpaired) electrons. The van der Waals surface area contributed by atoms with Crippen LogP contribution >= 0.6 is 0 Å². The van der Waals surface area contributed by atoms with E-state index in [9.17, 15) is 0 Å². The molecular weight excluding hydrogens is 148 g/mol. The van der Waals surface area contributed by atoms with Gasteiger partial charge in [0.15, 0.2) is 0 Å². The molecule has 0 spiro atoms. The van der Waals surface area contributed by atoms with Gasteiger partial charge in [0.2, 0.25) is 0 Å². The predicted molar refractivity (Wildman–Crippen MR) is 39.2 cm³/mol. The number of rotatable bonds is 1. The Morgan fingerprint density at radius 2 is 1.40 bits per heavy atom. The highest BCUT2D eigenvalue weighted by Gasteiger charge is 2.39. The Kier molecular flexibility index (Phi) is 2.46. The lowest BCUT2D eigenvalue weighted by Gasteiger charge is -2.25. The third-order valence-corrected chi connectivity index (χ3v) is 3.83. The van der Waals surface area contributed by atoms with E-state index in [1.807, 2.05) is 0 Å². The first-order valence-corrected chi connectivity index (χ1v) is 5.69. The normalized spacial score (nSPS) is 23.1. The van der Waals surface area contributed by atoms with Gasteiger partial charge in [0, 0.05) is 5.54 Å². The van der Waals surface area contributed by atoms with Crippen molar-refractivity contribution in [1.29, 1.82) is 0 Å². The van der Waals surface area contributed by atoms with Crippen LogP contribution in [0.4, 0.5) is 0 Å². The van der Waals surface area contributed by atoms with Gasteiger partial charge in [-0.15, -0.1) is 0 Å². The zero-order valence-electron chi connectivity index (χ0n) is 5.95. The van der Waals surface area contributed by atoms with Crippen molar-refractivity contribution in [3.05, 3.63) is 0 Å². The molecular formula is C6H14O3Si. The van der Waals surface area contributed by atoms with Gasteiger partial charge in [0.25, 0.3) is 0 Å². The number of hydrogen-bond donors (Lipinski definition) is 3. The van der Waals surface area contributed by atoms with Crippen molar-refractivity contribution in [3.63, 3.8) is 0 Å². The van der Waals surface area contributed by atoms with Gasteiger partial charge in [-0.3, -0.25) is 0 Å². The van der Waals surface area contributed by atoms with Crippen LogP contribution in [0.2, 0.25) is 5.54 Å². The molecule has 0 atom stereocenters. The fourth-order valence-electron chi connectivity index (χ4n) is 1.49. The minimum atomic E-state index is -3.76. The molecule has 0 bridgehead atoms. The van der Waals surface area contributed by atoms with E-state index in [1.165, 1.54) is 6.42 Å². The lowest BCUT2D eigenvalue weighted by Crippen LogP contribution is -2.41. The van der Waals surface area contributed by atoms with E-state index in [0.29, 0.717) is 0 Å². The third kappa shape index (κ3) is 2.05. The average molecular weight is 162 g/mol. The molecule has 1 aliphatic rings. The Morgan fingerprint density at radius 3 is 1.70 bits per heavy atom. The summed E-state index contributed by atoms with van der Waals surface area (Å²) in [5, 5.41) is 0. The van der Waals surface area contributed by atoms with Gasteiger partial charge in [-0.1, -0.05) is 19.3 Å². The second kappa shape index (κ2) is 3.00. The summed E-state index contributed by atoms with van der Waals surface area (Å²) in [6.07, 6.45) is 4.80. The lowest BCUT2D eigenvalue weighted by atomic mass is 10.0. The van der Waals surface area contributed by atoms with Crippen molar-refractivity contribution in [2.24, 2.45) is 0 Å². The quantitative estimate of drug-likeness (QED) is 0.484. The first-order valence-electron chi connectivity index (χ1n) is 3.78. The molecule has 1 rings (SSSR count). The summed E-state index contributed by atoms with van der Waals surface area (Å²) in [6.45, 7) is 0. The minimum absolute atomic E-state index is 0.193. The van der Waals surface area contributed by atoms with Crippen molar-refractivity contribution in [1.82, 2.24) is 0 Å². The average Bonchev–Trinajstić information content (AvgIpc) is 1.88. The topological polar surface area (TPSA) is 60.7 Å². The molecule has 1 fully saturated rings. The fourth-order valence-corrected chi connectivity index (χ4v) is 2.67. The third-order valence-electron chi connectivity index (χ3n) is 2.15. The molecule has 0 unspecified atom stereocenters. The Balaban J connectivity index is 2.39. The van der Waals surface area contributed by atoms with Crippen molar-refractivity contribution in [2.75, 3.05) is 0 Å². The summed E-state index contributed by atoms with van der Waals surface area (Å²) in [5.74, 6) is 0. The second-order valence-corrected chi connectivity index (χ2v) is 5.21. The van der Waals surface area contributed by atoms with E-state index in [-0.39, 0.29) is 5.54 Å². The highest BCUT2D eigenvalue weighted by atomic mass is 28.4. The van der Waals surface area contributed by atoms with Gasteiger partial charge in [-0.2, -0.15) is 0 Å². The molecule has 0 aliphatic heterocycles. The van der Waals surface area contributed by atoms with E-state index in [4.69, 9.17) is 14.4 Å².